The van der Waals surface area contributed by atoms with Crippen LogP contribution in [0, 0.1) is 11.7 Å². The molecule has 0 spiro atoms. The molecule has 0 saturated carbocycles. The maximum atomic E-state index is 13.5. The van der Waals surface area contributed by atoms with Crippen LogP contribution in [0.3, 0.4) is 0 Å². The summed E-state index contributed by atoms with van der Waals surface area (Å²) in [4.78, 5) is 11.7. The lowest BCUT2D eigenvalue weighted by Crippen LogP contribution is -2.38. The number of rotatable bonds is 8. The van der Waals surface area contributed by atoms with E-state index >= 15 is 0 Å². The summed E-state index contributed by atoms with van der Waals surface area (Å²) in [6.07, 6.45) is 0. The van der Waals surface area contributed by atoms with E-state index in [1.54, 1.807) is 6.07 Å². The molecule has 2 N–H and O–H groups in total. The van der Waals surface area contributed by atoms with Gasteiger partial charge in [0.2, 0.25) is 0 Å². The first-order valence-corrected chi connectivity index (χ1v) is 7.34. The first kappa shape index (κ1) is 17.4. The number of ether oxygens (including phenoxy) is 1. The highest BCUT2D eigenvalue weighted by atomic mass is 19.1. The second-order valence-electron chi connectivity index (χ2n) is 5.46. The molecule has 118 valence electrons. The van der Waals surface area contributed by atoms with Gasteiger partial charge in [-0.3, -0.25) is 4.79 Å². The molecule has 0 bridgehead atoms. The van der Waals surface area contributed by atoms with E-state index in [1.165, 1.54) is 12.1 Å². The molecule has 1 rings (SSSR count). The number of carbonyl (C=O) groups is 1. The number of hydrogen-bond acceptors (Lipinski definition) is 3. The fraction of sp³-hybridized carbons (Fsp3) is 0.562. The van der Waals surface area contributed by atoms with E-state index in [4.69, 9.17) is 4.74 Å². The highest BCUT2D eigenvalue weighted by Crippen LogP contribution is 2.16. The molecule has 0 radical (unpaired) electrons. The standard InChI is InChI=1S/C16H25FN2O2/c1-5-18-9-13-6-14(17)8-15(7-13)21-10-16(20)19-12(4)11(2)3/h6-8,11-12,18H,5,9-10H2,1-4H3,(H,19,20). The first-order chi connectivity index (χ1) is 9.92. The van der Waals surface area contributed by atoms with Crippen molar-refractivity contribution in [2.45, 2.75) is 40.3 Å². The van der Waals surface area contributed by atoms with Gasteiger partial charge in [0.1, 0.15) is 11.6 Å². The summed E-state index contributed by atoms with van der Waals surface area (Å²) >= 11 is 0. The van der Waals surface area contributed by atoms with Crippen molar-refractivity contribution < 1.29 is 13.9 Å². The Morgan fingerprint density at radius 3 is 2.62 bits per heavy atom. The van der Waals surface area contributed by atoms with Crippen LogP contribution in [-0.4, -0.2) is 25.1 Å². The minimum absolute atomic E-state index is 0.0814. The van der Waals surface area contributed by atoms with Crippen LogP contribution in [-0.2, 0) is 11.3 Å². The SMILES string of the molecule is CCNCc1cc(F)cc(OCC(=O)NC(C)C(C)C)c1. The molecule has 4 nitrogen and oxygen atoms in total. The molecular weight excluding hydrogens is 271 g/mol. The maximum Gasteiger partial charge on any atom is 0.258 e. The van der Waals surface area contributed by atoms with Crippen LogP contribution < -0.4 is 15.4 Å². The third kappa shape index (κ3) is 6.58. The number of nitrogens with one attached hydrogen (secondary N) is 2. The van der Waals surface area contributed by atoms with Gasteiger partial charge in [0, 0.05) is 18.7 Å². The average Bonchev–Trinajstić information content (AvgIpc) is 2.42. The van der Waals surface area contributed by atoms with Gasteiger partial charge < -0.3 is 15.4 Å². The first-order valence-electron chi connectivity index (χ1n) is 7.34. The lowest BCUT2D eigenvalue weighted by atomic mass is 10.1. The Labute approximate surface area is 126 Å². The Kier molecular flexibility index (Phi) is 7.15. The Morgan fingerprint density at radius 2 is 2.00 bits per heavy atom. The van der Waals surface area contributed by atoms with Crippen molar-refractivity contribution in [1.29, 1.82) is 0 Å². The molecule has 1 atom stereocenters. The number of amides is 1. The molecule has 0 fully saturated rings. The largest absolute Gasteiger partial charge is 0.484 e. The molecule has 0 aliphatic carbocycles. The summed E-state index contributed by atoms with van der Waals surface area (Å²) in [5.41, 5.74) is 0.794. The highest BCUT2D eigenvalue weighted by molar-refractivity contribution is 5.77. The molecular formula is C16H25FN2O2. The van der Waals surface area contributed by atoms with E-state index in [9.17, 15) is 9.18 Å². The van der Waals surface area contributed by atoms with Crippen LogP contribution in [0.25, 0.3) is 0 Å². The van der Waals surface area contributed by atoms with E-state index in [0.717, 1.165) is 12.1 Å². The van der Waals surface area contributed by atoms with Gasteiger partial charge in [0.05, 0.1) is 0 Å². The lowest BCUT2D eigenvalue weighted by Gasteiger charge is -2.17. The molecule has 0 aliphatic heterocycles. The second kappa shape index (κ2) is 8.62. The summed E-state index contributed by atoms with van der Waals surface area (Å²) < 4.78 is 18.9. The van der Waals surface area contributed by atoms with Crippen molar-refractivity contribution in [2.75, 3.05) is 13.2 Å². The third-order valence-corrected chi connectivity index (χ3v) is 3.27. The number of hydrogen-bond donors (Lipinski definition) is 2. The van der Waals surface area contributed by atoms with Crippen molar-refractivity contribution in [3.05, 3.63) is 29.6 Å². The Morgan fingerprint density at radius 1 is 1.29 bits per heavy atom. The fourth-order valence-electron chi connectivity index (χ4n) is 1.69. The Balaban J connectivity index is 2.54. The van der Waals surface area contributed by atoms with E-state index in [2.05, 4.69) is 10.6 Å². The third-order valence-electron chi connectivity index (χ3n) is 3.27. The van der Waals surface area contributed by atoms with Crippen molar-refractivity contribution >= 4 is 5.91 Å². The average molecular weight is 296 g/mol. The topological polar surface area (TPSA) is 50.4 Å². The molecule has 0 heterocycles. The summed E-state index contributed by atoms with van der Waals surface area (Å²) in [5.74, 6) is 0.162. The van der Waals surface area contributed by atoms with Crippen molar-refractivity contribution in [3.8, 4) is 5.75 Å². The van der Waals surface area contributed by atoms with Crippen molar-refractivity contribution in [2.24, 2.45) is 5.92 Å². The summed E-state index contributed by atoms with van der Waals surface area (Å²) in [7, 11) is 0. The molecule has 1 unspecified atom stereocenters. The number of benzene rings is 1. The van der Waals surface area contributed by atoms with Gasteiger partial charge in [-0.2, -0.15) is 0 Å². The number of halogens is 1. The normalized spacial score (nSPS) is 12.3. The molecule has 0 saturated heterocycles. The fourth-order valence-corrected chi connectivity index (χ4v) is 1.69. The number of carbonyl (C=O) groups excluding carboxylic acids is 1. The van der Waals surface area contributed by atoms with Crippen LogP contribution in [0.2, 0.25) is 0 Å². The molecule has 5 heteroatoms. The second-order valence-corrected chi connectivity index (χ2v) is 5.46. The molecule has 1 aromatic rings. The zero-order valence-electron chi connectivity index (χ0n) is 13.2. The summed E-state index contributed by atoms with van der Waals surface area (Å²) in [6.45, 7) is 9.26. The van der Waals surface area contributed by atoms with E-state index in [0.29, 0.717) is 18.2 Å². The van der Waals surface area contributed by atoms with E-state index < -0.39 is 0 Å². The van der Waals surface area contributed by atoms with Crippen molar-refractivity contribution in [1.82, 2.24) is 10.6 Å². The van der Waals surface area contributed by atoms with Gasteiger partial charge >= 0.3 is 0 Å². The maximum absolute atomic E-state index is 13.5. The molecule has 0 aliphatic rings. The van der Waals surface area contributed by atoms with Gasteiger partial charge in [-0.1, -0.05) is 20.8 Å². The van der Waals surface area contributed by atoms with Crippen LogP contribution in [0.15, 0.2) is 18.2 Å². The zero-order valence-corrected chi connectivity index (χ0v) is 13.2. The van der Waals surface area contributed by atoms with Crippen LogP contribution in [0.1, 0.15) is 33.3 Å². The van der Waals surface area contributed by atoms with Gasteiger partial charge in [0.15, 0.2) is 6.61 Å². The quantitative estimate of drug-likeness (QED) is 0.775. The lowest BCUT2D eigenvalue weighted by molar-refractivity contribution is -0.124. The monoisotopic (exact) mass is 296 g/mol. The molecule has 1 amide bonds. The van der Waals surface area contributed by atoms with Crippen LogP contribution in [0.5, 0.6) is 5.75 Å². The van der Waals surface area contributed by atoms with E-state index in [-0.39, 0.29) is 24.4 Å². The van der Waals surface area contributed by atoms with Crippen molar-refractivity contribution in [3.63, 3.8) is 0 Å². The highest BCUT2D eigenvalue weighted by Gasteiger charge is 2.11. The molecule has 21 heavy (non-hydrogen) atoms. The van der Waals surface area contributed by atoms with E-state index in [1.807, 2.05) is 27.7 Å². The van der Waals surface area contributed by atoms with Crippen LogP contribution >= 0.6 is 0 Å². The summed E-state index contributed by atoms with van der Waals surface area (Å²) in [5, 5.41) is 5.96. The van der Waals surface area contributed by atoms with Gasteiger partial charge in [-0.25, -0.2) is 4.39 Å². The van der Waals surface area contributed by atoms with Crippen LogP contribution in [0.4, 0.5) is 4.39 Å². The molecule has 1 aromatic carbocycles. The minimum atomic E-state index is -0.364. The van der Waals surface area contributed by atoms with Gasteiger partial charge in [0.25, 0.3) is 5.91 Å². The molecule has 0 aromatic heterocycles. The minimum Gasteiger partial charge on any atom is -0.484 e. The van der Waals surface area contributed by atoms with Gasteiger partial charge in [-0.15, -0.1) is 0 Å². The Hall–Kier alpha value is -1.62. The van der Waals surface area contributed by atoms with Gasteiger partial charge in [-0.05, 0) is 37.1 Å². The predicted molar refractivity (Wildman–Crippen MR) is 81.7 cm³/mol. The Bertz CT molecular complexity index is 464. The predicted octanol–water partition coefficient (Wildman–Crippen LogP) is 2.47. The summed E-state index contributed by atoms with van der Waals surface area (Å²) in [6, 6.07) is 4.56. The zero-order chi connectivity index (χ0) is 15.8. The smallest absolute Gasteiger partial charge is 0.258 e.